The van der Waals surface area contributed by atoms with Crippen LogP contribution in [0.4, 0.5) is 0 Å². The lowest BCUT2D eigenvalue weighted by atomic mass is 10.1. The predicted molar refractivity (Wildman–Crippen MR) is 117 cm³/mol. The van der Waals surface area contributed by atoms with Gasteiger partial charge >= 0.3 is 0 Å². The van der Waals surface area contributed by atoms with Crippen molar-refractivity contribution in [3.05, 3.63) is 35.9 Å². The summed E-state index contributed by atoms with van der Waals surface area (Å²) in [6, 6.07) is 10.0. The van der Waals surface area contributed by atoms with Crippen LogP contribution in [0.3, 0.4) is 0 Å². The van der Waals surface area contributed by atoms with Crippen LogP contribution in [0.15, 0.2) is 35.3 Å². The molecule has 27 heavy (non-hydrogen) atoms. The highest BCUT2D eigenvalue weighted by Gasteiger charge is 2.25. The molecular weight excluding hydrogens is 356 g/mol. The lowest BCUT2D eigenvalue weighted by Crippen LogP contribution is -2.41. The van der Waals surface area contributed by atoms with E-state index in [2.05, 4.69) is 35.9 Å². The van der Waals surface area contributed by atoms with Crippen LogP contribution in [-0.4, -0.2) is 71.5 Å². The SMILES string of the molecule is CCNC(=NCCS(=O)Cc1ccccc1)N1CCC(CN(CC)CC)C1. The number of aliphatic imine (C=N–C) groups is 1. The Hall–Kier alpha value is -1.40. The average molecular weight is 393 g/mol. The first-order chi connectivity index (χ1) is 13.2. The summed E-state index contributed by atoms with van der Waals surface area (Å²) in [5.74, 6) is 2.92. The Morgan fingerprint density at radius 2 is 2.00 bits per heavy atom. The second kappa shape index (κ2) is 12.1. The van der Waals surface area contributed by atoms with Gasteiger partial charge in [-0.2, -0.15) is 0 Å². The van der Waals surface area contributed by atoms with Gasteiger partial charge in [0.1, 0.15) is 0 Å². The number of hydrogen-bond acceptors (Lipinski definition) is 3. The van der Waals surface area contributed by atoms with E-state index in [-0.39, 0.29) is 0 Å². The number of benzene rings is 1. The largest absolute Gasteiger partial charge is 0.357 e. The van der Waals surface area contributed by atoms with Crippen LogP contribution in [0.25, 0.3) is 0 Å². The quantitative estimate of drug-likeness (QED) is 0.491. The molecule has 2 unspecified atom stereocenters. The molecule has 0 radical (unpaired) electrons. The molecule has 1 N–H and O–H groups in total. The Morgan fingerprint density at radius 1 is 1.26 bits per heavy atom. The molecule has 0 spiro atoms. The van der Waals surface area contributed by atoms with Crippen molar-refractivity contribution in [1.82, 2.24) is 15.1 Å². The van der Waals surface area contributed by atoms with Gasteiger partial charge in [-0.15, -0.1) is 0 Å². The van der Waals surface area contributed by atoms with E-state index in [0.717, 1.165) is 44.2 Å². The summed E-state index contributed by atoms with van der Waals surface area (Å²) in [7, 11) is -0.870. The summed E-state index contributed by atoms with van der Waals surface area (Å²) in [5.41, 5.74) is 1.13. The fourth-order valence-corrected chi connectivity index (χ4v) is 4.54. The lowest BCUT2D eigenvalue weighted by Gasteiger charge is -2.24. The molecule has 1 fully saturated rings. The number of likely N-dealkylation sites (tertiary alicyclic amines) is 1. The van der Waals surface area contributed by atoms with Gasteiger partial charge < -0.3 is 15.1 Å². The summed E-state index contributed by atoms with van der Waals surface area (Å²) in [5, 5.41) is 3.41. The van der Waals surface area contributed by atoms with Crippen molar-refractivity contribution in [1.29, 1.82) is 0 Å². The molecule has 2 atom stereocenters. The summed E-state index contributed by atoms with van der Waals surface area (Å²) in [6.45, 7) is 13.6. The van der Waals surface area contributed by atoms with Crippen LogP contribution >= 0.6 is 0 Å². The maximum Gasteiger partial charge on any atom is 0.193 e. The summed E-state index contributed by atoms with van der Waals surface area (Å²) >= 11 is 0. The number of rotatable bonds is 10. The van der Waals surface area contributed by atoms with Crippen LogP contribution in [-0.2, 0) is 16.6 Å². The Labute approximate surface area is 167 Å². The van der Waals surface area contributed by atoms with Crippen molar-refractivity contribution < 1.29 is 4.21 Å². The second-order valence-corrected chi connectivity index (χ2v) is 8.67. The molecule has 1 heterocycles. The molecule has 1 aromatic carbocycles. The van der Waals surface area contributed by atoms with Crippen LogP contribution in [0, 0.1) is 5.92 Å². The molecular formula is C21H36N4OS. The molecule has 5 nitrogen and oxygen atoms in total. The maximum atomic E-state index is 12.3. The lowest BCUT2D eigenvalue weighted by molar-refractivity contribution is 0.255. The molecule has 0 saturated carbocycles. The first-order valence-electron chi connectivity index (χ1n) is 10.3. The third kappa shape index (κ3) is 7.62. The van der Waals surface area contributed by atoms with Gasteiger partial charge in [0, 0.05) is 48.5 Å². The Balaban J connectivity index is 1.82. The highest BCUT2D eigenvalue weighted by molar-refractivity contribution is 7.84. The van der Waals surface area contributed by atoms with E-state index < -0.39 is 10.8 Å². The van der Waals surface area contributed by atoms with Crippen molar-refractivity contribution in [2.45, 2.75) is 32.9 Å². The van der Waals surface area contributed by atoms with Gasteiger partial charge in [-0.1, -0.05) is 44.2 Å². The Bertz CT molecular complexity index is 589. The van der Waals surface area contributed by atoms with Crippen LogP contribution in [0.1, 0.15) is 32.8 Å². The van der Waals surface area contributed by atoms with E-state index in [1.165, 1.54) is 13.0 Å². The third-order valence-electron chi connectivity index (χ3n) is 5.08. The smallest absolute Gasteiger partial charge is 0.193 e. The standard InChI is InChI=1S/C21H36N4OS/c1-4-22-21(25-14-12-20(17-25)16-24(5-2)6-3)23-13-15-27(26)18-19-10-8-7-9-11-19/h7-11,20H,4-6,12-18H2,1-3H3,(H,22,23). The van der Waals surface area contributed by atoms with Gasteiger partial charge in [0.2, 0.25) is 0 Å². The van der Waals surface area contributed by atoms with Gasteiger partial charge in [-0.3, -0.25) is 9.20 Å². The summed E-state index contributed by atoms with van der Waals surface area (Å²) in [6.07, 6.45) is 1.22. The molecule has 0 aromatic heterocycles. The molecule has 1 aliphatic heterocycles. The fraction of sp³-hybridized carbons (Fsp3) is 0.667. The van der Waals surface area contributed by atoms with Crippen LogP contribution < -0.4 is 5.32 Å². The minimum absolute atomic E-state index is 0.610. The fourth-order valence-electron chi connectivity index (χ4n) is 3.53. The predicted octanol–water partition coefficient (Wildman–Crippen LogP) is 2.56. The number of nitrogens with zero attached hydrogens (tertiary/aromatic N) is 3. The molecule has 0 bridgehead atoms. The Kier molecular flexibility index (Phi) is 9.84. The van der Waals surface area contributed by atoms with Crippen molar-refractivity contribution in [2.24, 2.45) is 10.9 Å². The van der Waals surface area contributed by atoms with Crippen molar-refractivity contribution in [2.75, 3.05) is 51.6 Å². The molecule has 6 heteroatoms. The van der Waals surface area contributed by atoms with E-state index in [1.807, 2.05) is 30.3 Å². The van der Waals surface area contributed by atoms with Gasteiger partial charge in [0.05, 0.1) is 6.54 Å². The van der Waals surface area contributed by atoms with Gasteiger partial charge in [-0.05, 0) is 37.9 Å². The van der Waals surface area contributed by atoms with Crippen molar-refractivity contribution >= 4 is 16.8 Å². The Morgan fingerprint density at radius 3 is 2.67 bits per heavy atom. The maximum absolute atomic E-state index is 12.3. The monoisotopic (exact) mass is 392 g/mol. The number of guanidine groups is 1. The zero-order valence-electron chi connectivity index (χ0n) is 17.2. The molecule has 1 aliphatic rings. The molecule has 2 rings (SSSR count). The van der Waals surface area contributed by atoms with E-state index in [9.17, 15) is 4.21 Å². The van der Waals surface area contributed by atoms with E-state index in [1.54, 1.807) is 0 Å². The summed E-state index contributed by atoms with van der Waals surface area (Å²) < 4.78 is 12.3. The number of nitrogens with one attached hydrogen (secondary N) is 1. The van der Waals surface area contributed by atoms with Crippen molar-refractivity contribution in [3.63, 3.8) is 0 Å². The van der Waals surface area contributed by atoms with Crippen molar-refractivity contribution in [3.8, 4) is 0 Å². The average Bonchev–Trinajstić information content (AvgIpc) is 3.14. The molecule has 0 aliphatic carbocycles. The van der Waals surface area contributed by atoms with Gasteiger partial charge in [0.25, 0.3) is 0 Å². The normalized spacial score (nSPS) is 18.9. The molecule has 0 amide bonds. The van der Waals surface area contributed by atoms with Gasteiger partial charge in [-0.25, -0.2) is 0 Å². The van der Waals surface area contributed by atoms with Crippen LogP contribution in [0.5, 0.6) is 0 Å². The molecule has 1 aromatic rings. The van der Waals surface area contributed by atoms with Crippen LogP contribution in [0.2, 0.25) is 0 Å². The first-order valence-corrected chi connectivity index (χ1v) is 11.8. The highest BCUT2D eigenvalue weighted by atomic mass is 32.2. The summed E-state index contributed by atoms with van der Waals surface area (Å²) in [4.78, 5) is 9.63. The molecule has 152 valence electrons. The number of hydrogen-bond donors (Lipinski definition) is 1. The third-order valence-corrected chi connectivity index (χ3v) is 6.38. The van der Waals surface area contributed by atoms with Gasteiger partial charge in [0.15, 0.2) is 5.96 Å². The van der Waals surface area contributed by atoms with E-state index in [4.69, 9.17) is 4.99 Å². The zero-order chi connectivity index (χ0) is 19.5. The van der Waals surface area contributed by atoms with E-state index in [0.29, 0.717) is 24.0 Å². The molecule has 1 saturated heterocycles. The topological polar surface area (TPSA) is 47.9 Å². The highest BCUT2D eigenvalue weighted by Crippen LogP contribution is 2.17. The second-order valence-electron chi connectivity index (χ2n) is 7.10. The minimum Gasteiger partial charge on any atom is -0.357 e. The van der Waals surface area contributed by atoms with E-state index >= 15 is 0 Å². The zero-order valence-corrected chi connectivity index (χ0v) is 18.0. The first kappa shape index (κ1) is 21.9. The minimum atomic E-state index is -0.870.